The number of carbonyl (C=O) groups excluding carboxylic acids is 1. The number of rotatable bonds is 4. The van der Waals surface area contributed by atoms with Gasteiger partial charge in [0.15, 0.2) is 0 Å². The molecular weight excluding hydrogens is 306 g/mol. The van der Waals surface area contributed by atoms with Crippen molar-refractivity contribution in [1.29, 1.82) is 0 Å². The van der Waals surface area contributed by atoms with E-state index >= 15 is 0 Å². The Hall–Kier alpha value is -1.10. The number of hydrogen-bond acceptors (Lipinski definition) is 3. The van der Waals surface area contributed by atoms with Gasteiger partial charge in [-0.2, -0.15) is 0 Å². The largest absolute Gasteiger partial charge is 0.370 e. The van der Waals surface area contributed by atoms with E-state index in [0.29, 0.717) is 23.3 Å². The summed E-state index contributed by atoms with van der Waals surface area (Å²) < 4.78 is 0.818. The van der Waals surface area contributed by atoms with Crippen LogP contribution >= 0.6 is 15.9 Å². The molecule has 1 aliphatic rings. The third-order valence-corrected chi connectivity index (χ3v) is 4.05. The van der Waals surface area contributed by atoms with E-state index in [1.807, 2.05) is 13.0 Å². The van der Waals surface area contributed by atoms with Gasteiger partial charge < -0.3 is 10.6 Å². The van der Waals surface area contributed by atoms with Crippen molar-refractivity contribution in [2.45, 2.75) is 39.2 Å². The zero-order valence-electron chi connectivity index (χ0n) is 11.4. The minimum absolute atomic E-state index is 0.0384. The molecule has 2 unspecified atom stereocenters. The summed E-state index contributed by atoms with van der Waals surface area (Å²) in [6.45, 7) is 4.93. The van der Waals surface area contributed by atoms with E-state index in [2.05, 4.69) is 38.5 Å². The molecule has 1 aliphatic carbocycles. The second-order valence-corrected chi connectivity index (χ2v) is 5.98. The van der Waals surface area contributed by atoms with Gasteiger partial charge >= 0.3 is 0 Å². The van der Waals surface area contributed by atoms with Crippen molar-refractivity contribution >= 4 is 27.7 Å². The number of halogens is 1. The van der Waals surface area contributed by atoms with Gasteiger partial charge in [-0.05, 0) is 47.7 Å². The van der Waals surface area contributed by atoms with Gasteiger partial charge in [-0.3, -0.25) is 4.79 Å². The maximum Gasteiger partial charge on any atom is 0.255 e. The molecule has 0 radical (unpaired) electrons. The molecule has 2 atom stereocenters. The van der Waals surface area contributed by atoms with Crippen molar-refractivity contribution in [3.8, 4) is 0 Å². The van der Waals surface area contributed by atoms with E-state index in [0.717, 1.165) is 17.4 Å². The van der Waals surface area contributed by atoms with Crippen LogP contribution in [-0.2, 0) is 0 Å². The maximum absolute atomic E-state index is 12.4. The summed E-state index contributed by atoms with van der Waals surface area (Å²) in [4.78, 5) is 16.6. The Bertz CT molecular complexity index is 464. The lowest BCUT2D eigenvalue weighted by molar-refractivity contribution is 0.0930. The Labute approximate surface area is 122 Å². The monoisotopic (exact) mass is 325 g/mol. The number of hydrogen-bond donors (Lipinski definition) is 2. The van der Waals surface area contributed by atoms with Crippen molar-refractivity contribution in [3.63, 3.8) is 0 Å². The fourth-order valence-corrected chi connectivity index (χ4v) is 2.86. The van der Waals surface area contributed by atoms with Crippen LogP contribution < -0.4 is 10.6 Å². The summed E-state index contributed by atoms with van der Waals surface area (Å²) in [5.41, 5.74) is 0.607. The first-order valence-electron chi connectivity index (χ1n) is 6.82. The van der Waals surface area contributed by atoms with Crippen molar-refractivity contribution < 1.29 is 4.79 Å². The van der Waals surface area contributed by atoms with Crippen LogP contribution in [-0.4, -0.2) is 23.5 Å². The standard InChI is InChI=1S/C14H20BrN3O/c1-3-16-13-11(7-10(15)8-17-13)14(19)18-12-6-4-5-9(12)2/h7-9,12H,3-6H2,1-2H3,(H,16,17)(H,18,19). The first kappa shape index (κ1) is 14.3. The van der Waals surface area contributed by atoms with E-state index < -0.39 is 0 Å². The van der Waals surface area contributed by atoms with Crippen LogP contribution in [0.25, 0.3) is 0 Å². The average molecular weight is 326 g/mol. The number of anilines is 1. The summed E-state index contributed by atoms with van der Waals surface area (Å²) in [6, 6.07) is 2.11. The third-order valence-electron chi connectivity index (χ3n) is 3.62. The number of nitrogens with zero attached hydrogens (tertiary/aromatic N) is 1. The van der Waals surface area contributed by atoms with Crippen LogP contribution in [0.3, 0.4) is 0 Å². The number of amides is 1. The molecule has 0 aliphatic heterocycles. The molecule has 5 heteroatoms. The number of carbonyl (C=O) groups is 1. The first-order chi connectivity index (χ1) is 9.11. The molecule has 2 rings (SSSR count). The van der Waals surface area contributed by atoms with E-state index in [1.54, 1.807) is 6.20 Å². The van der Waals surface area contributed by atoms with Gasteiger partial charge in [0, 0.05) is 23.3 Å². The minimum Gasteiger partial charge on any atom is -0.370 e. The molecule has 0 aromatic carbocycles. The van der Waals surface area contributed by atoms with Gasteiger partial charge in [-0.25, -0.2) is 4.98 Å². The van der Waals surface area contributed by atoms with Crippen LogP contribution in [0.4, 0.5) is 5.82 Å². The molecule has 104 valence electrons. The second kappa shape index (κ2) is 6.37. The molecule has 2 N–H and O–H groups in total. The molecule has 0 bridgehead atoms. The quantitative estimate of drug-likeness (QED) is 0.893. The fraction of sp³-hybridized carbons (Fsp3) is 0.571. The lowest BCUT2D eigenvalue weighted by atomic mass is 10.1. The Morgan fingerprint density at radius 2 is 2.32 bits per heavy atom. The van der Waals surface area contributed by atoms with E-state index in [1.165, 1.54) is 12.8 Å². The van der Waals surface area contributed by atoms with Crippen LogP contribution in [0, 0.1) is 5.92 Å². The second-order valence-electron chi connectivity index (χ2n) is 5.07. The molecule has 0 saturated heterocycles. The Kier molecular flexibility index (Phi) is 4.80. The van der Waals surface area contributed by atoms with E-state index in [-0.39, 0.29) is 5.91 Å². The van der Waals surface area contributed by atoms with Gasteiger partial charge in [0.1, 0.15) is 5.82 Å². The highest BCUT2D eigenvalue weighted by molar-refractivity contribution is 9.10. The molecular formula is C14H20BrN3O. The first-order valence-corrected chi connectivity index (χ1v) is 7.61. The average Bonchev–Trinajstić information content (AvgIpc) is 2.77. The number of nitrogens with one attached hydrogen (secondary N) is 2. The SMILES string of the molecule is CCNc1ncc(Br)cc1C(=O)NC1CCCC1C. The number of aromatic nitrogens is 1. The maximum atomic E-state index is 12.4. The van der Waals surface area contributed by atoms with Crippen LogP contribution in [0.15, 0.2) is 16.7 Å². The smallest absolute Gasteiger partial charge is 0.255 e. The van der Waals surface area contributed by atoms with Crippen LogP contribution in [0.5, 0.6) is 0 Å². The van der Waals surface area contributed by atoms with Crippen molar-refractivity contribution in [3.05, 3.63) is 22.3 Å². The predicted molar refractivity (Wildman–Crippen MR) is 80.4 cm³/mol. The molecule has 4 nitrogen and oxygen atoms in total. The Balaban J connectivity index is 2.15. The predicted octanol–water partition coefficient (Wildman–Crippen LogP) is 3.19. The number of pyridine rings is 1. The molecule has 1 fully saturated rings. The van der Waals surface area contributed by atoms with Gasteiger partial charge in [-0.15, -0.1) is 0 Å². The van der Waals surface area contributed by atoms with Gasteiger partial charge in [0.25, 0.3) is 5.91 Å². The van der Waals surface area contributed by atoms with E-state index in [9.17, 15) is 4.79 Å². The van der Waals surface area contributed by atoms with Crippen LogP contribution in [0.2, 0.25) is 0 Å². The van der Waals surface area contributed by atoms with Crippen molar-refractivity contribution in [1.82, 2.24) is 10.3 Å². The normalized spacial score (nSPS) is 22.3. The van der Waals surface area contributed by atoms with Crippen LogP contribution in [0.1, 0.15) is 43.5 Å². The molecule has 0 spiro atoms. The zero-order valence-corrected chi connectivity index (χ0v) is 13.0. The summed E-state index contributed by atoms with van der Waals surface area (Å²) in [6.07, 6.45) is 5.17. The lowest BCUT2D eigenvalue weighted by Gasteiger charge is -2.18. The van der Waals surface area contributed by atoms with E-state index in [4.69, 9.17) is 0 Å². The Morgan fingerprint density at radius 3 is 2.95 bits per heavy atom. The van der Waals surface area contributed by atoms with Gasteiger partial charge in [-0.1, -0.05) is 13.3 Å². The third kappa shape index (κ3) is 3.47. The lowest BCUT2D eigenvalue weighted by Crippen LogP contribution is -2.36. The minimum atomic E-state index is -0.0384. The molecule has 1 aromatic heterocycles. The summed E-state index contributed by atoms with van der Waals surface area (Å²) in [5.74, 6) is 1.17. The van der Waals surface area contributed by atoms with Crippen molar-refractivity contribution in [2.24, 2.45) is 5.92 Å². The zero-order chi connectivity index (χ0) is 13.8. The molecule has 1 amide bonds. The summed E-state index contributed by atoms with van der Waals surface area (Å²) in [7, 11) is 0. The molecule has 1 saturated carbocycles. The van der Waals surface area contributed by atoms with Gasteiger partial charge in [0.2, 0.25) is 0 Å². The highest BCUT2D eigenvalue weighted by Gasteiger charge is 2.26. The van der Waals surface area contributed by atoms with Crippen molar-refractivity contribution in [2.75, 3.05) is 11.9 Å². The molecule has 1 heterocycles. The Morgan fingerprint density at radius 1 is 1.53 bits per heavy atom. The molecule has 19 heavy (non-hydrogen) atoms. The van der Waals surface area contributed by atoms with Gasteiger partial charge in [0.05, 0.1) is 5.56 Å². The highest BCUT2D eigenvalue weighted by atomic mass is 79.9. The summed E-state index contributed by atoms with van der Waals surface area (Å²) >= 11 is 3.37. The topological polar surface area (TPSA) is 54.0 Å². The fourth-order valence-electron chi connectivity index (χ4n) is 2.53. The highest BCUT2D eigenvalue weighted by Crippen LogP contribution is 2.26. The molecule has 1 aromatic rings. The summed E-state index contributed by atoms with van der Waals surface area (Å²) in [5, 5.41) is 6.26.